The molecule has 0 bridgehead atoms. The summed E-state index contributed by atoms with van der Waals surface area (Å²) < 4.78 is 4.92. The molecule has 0 spiro atoms. The van der Waals surface area contributed by atoms with E-state index in [0.29, 0.717) is 17.2 Å². The van der Waals surface area contributed by atoms with Gasteiger partial charge in [-0.2, -0.15) is 0 Å². The minimum Gasteiger partial charge on any atom is -0.462 e. The minimum atomic E-state index is -0.235. The first kappa shape index (κ1) is 8.57. The number of ether oxygens (including phenoxy) is 1. The van der Waals surface area contributed by atoms with Crippen molar-refractivity contribution in [3.05, 3.63) is 33.8 Å². The summed E-state index contributed by atoms with van der Waals surface area (Å²) in [4.78, 5) is 11.3. The Morgan fingerprint density at radius 3 is 3.00 bits per heavy atom. The standard InChI is InChI=1S/C10H9ClO2/c1-6-4-8-7(5-9(6)11)2-3-13-10(8)12/h4-5H,2-3H2,1H3. The van der Waals surface area contributed by atoms with Crippen LogP contribution in [-0.2, 0) is 11.2 Å². The zero-order valence-electron chi connectivity index (χ0n) is 7.26. The van der Waals surface area contributed by atoms with E-state index in [1.165, 1.54) is 0 Å². The van der Waals surface area contributed by atoms with E-state index in [1.807, 2.05) is 13.0 Å². The lowest BCUT2D eigenvalue weighted by molar-refractivity contribution is 0.0480. The summed E-state index contributed by atoms with van der Waals surface area (Å²) in [5, 5.41) is 0.716. The van der Waals surface area contributed by atoms with Crippen molar-refractivity contribution in [2.75, 3.05) is 6.61 Å². The number of fused-ring (bicyclic) bond motifs is 1. The molecule has 1 heterocycles. The normalized spacial score (nSPS) is 15.1. The maximum absolute atomic E-state index is 11.3. The van der Waals surface area contributed by atoms with Gasteiger partial charge in [-0.3, -0.25) is 0 Å². The molecule has 0 saturated carbocycles. The van der Waals surface area contributed by atoms with Gasteiger partial charge in [-0.05, 0) is 30.2 Å². The molecule has 0 fully saturated rings. The highest BCUT2D eigenvalue weighted by Gasteiger charge is 2.19. The van der Waals surface area contributed by atoms with Crippen LogP contribution in [0.25, 0.3) is 0 Å². The molecule has 0 atom stereocenters. The quantitative estimate of drug-likeness (QED) is 0.596. The summed E-state index contributed by atoms with van der Waals surface area (Å²) in [5.74, 6) is -0.235. The van der Waals surface area contributed by atoms with Crippen molar-refractivity contribution in [1.82, 2.24) is 0 Å². The van der Waals surface area contributed by atoms with Gasteiger partial charge in [0.2, 0.25) is 0 Å². The lowest BCUT2D eigenvalue weighted by atomic mass is 10.0. The number of aryl methyl sites for hydroxylation is 1. The monoisotopic (exact) mass is 196 g/mol. The molecular formula is C10H9ClO2. The van der Waals surface area contributed by atoms with Crippen LogP contribution in [0.5, 0.6) is 0 Å². The minimum absolute atomic E-state index is 0.235. The van der Waals surface area contributed by atoms with Crippen LogP contribution in [0.4, 0.5) is 0 Å². The van der Waals surface area contributed by atoms with E-state index in [9.17, 15) is 4.79 Å². The third-order valence-electron chi connectivity index (χ3n) is 2.21. The zero-order chi connectivity index (χ0) is 9.42. The summed E-state index contributed by atoms with van der Waals surface area (Å²) in [6.07, 6.45) is 0.765. The maximum atomic E-state index is 11.3. The van der Waals surface area contributed by atoms with E-state index in [0.717, 1.165) is 17.5 Å². The average molecular weight is 197 g/mol. The molecule has 2 rings (SSSR count). The Hall–Kier alpha value is -1.02. The fraction of sp³-hybridized carbons (Fsp3) is 0.300. The largest absolute Gasteiger partial charge is 0.462 e. The SMILES string of the molecule is Cc1cc2c(cc1Cl)CCOC2=O. The number of carbonyl (C=O) groups is 1. The third kappa shape index (κ3) is 1.42. The third-order valence-corrected chi connectivity index (χ3v) is 2.62. The highest BCUT2D eigenvalue weighted by molar-refractivity contribution is 6.31. The predicted octanol–water partition coefficient (Wildman–Crippen LogP) is 2.36. The topological polar surface area (TPSA) is 26.3 Å². The van der Waals surface area contributed by atoms with Crippen LogP contribution in [-0.4, -0.2) is 12.6 Å². The zero-order valence-corrected chi connectivity index (χ0v) is 8.02. The molecule has 3 heteroatoms. The fourth-order valence-electron chi connectivity index (χ4n) is 1.45. The molecule has 0 N–H and O–H groups in total. The van der Waals surface area contributed by atoms with Crippen molar-refractivity contribution in [1.29, 1.82) is 0 Å². The number of halogens is 1. The summed E-state index contributed by atoms with van der Waals surface area (Å²) in [7, 11) is 0. The van der Waals surface area contributed by atoms with Crippen LogP contribution in [0.2, 0.25) is 5.02 Å². The van der Waals surface area contributed by atoms with Crippen LogP contribution in [0.1, 0.15) is 21.5 Å². The molecule has 0 unspecified atom stereocenters. The first-order valence-electron chi connectivity index (χ1n) is 4.14. The molecule has 68 valence electrons. The number of hydrogen-bond donors (Lipinski definition) is 0. The van der Waals surface area contributed by atoms with Gasteiger partial charge in [0, 0.05) is 11.4 Å². The number of benzene rings is 1. The molecule has 2 nitrogen and oxygen atoms in total. The van der Waals surface area contributed by atoms with E-state index in [2.05, 4.69) is 0 Å². The molecule has 1 aliphatic rings. The summed E-state index contributed by atoms with van der Waals surface area (Å²) >= 11 is 5.94. The smallest absolute Gasteiger partial charge is 0.338 e. The first-order chi connectivity index (χ1) is 6.18. The Kier molecular flexibility index (Phi) is 2.00. The molecule has 0 aromatic heterocycles. The predicted molar refractivity (Wildman–Crippen MR) is 50.2 cm³/mol. The number of esters is 1. The van der Waals surface area contributed by atoms with Crippen molar-refractivity contribution in [2.45, 2.75) is 13.3 Å². The molecule has 0 radical (unpaired) electrons. The fourth-order valence-corrected chi connectivity index (χ4v) is 1.64. The number of cyclic esters (lactones) is 1. The molecule has 0 saturated heterocycles. The summed E-state index contributed by atoms with van der Waals surface area (Å²) in [6, 6.07) is 3.64. The van der Waals surface area contributed by atoms with Crippen molar-refractivity contribution < 1.29 is 9.53 Å². The van der Waals surface area contributed by atoms with Gasteiger partial charge in [0.1, 0.15) is 0 Å². The number of hydrogen-bond acceptors (Lipinski definition) is 2. The molecular weight excluding hydrogens is 188 g/mol. The molecule has 0 aliphatic carbocycles. The first-order valence-corrected chi connectivity index (χ1v) is 4.52. The average Bonchev–Trinajstić information content (AvgIpc) is 2.09. The van der Waals surface area contributed by atoms with Gasteiger partial charge in [0.15, 0.2) is 0 Å². The molecule has 0 amide bonds. The molecule has 1 aromatic carbocycles. The van der Waals surface area contributed by atoms with Crippen LogP contribution in [0.15, 0.2) is 12.1 Å². The highest BCUT2D eigenvalue weighted by Crippen LogP contribution is 2.24. The lowest BCUT2D eigenvalue weighted by Crippen LogP contribution is -2.17. The highest BCUT2D eigenvalue weighted by atomic mass is 35.5. The van der Waals surface area contributed by atoms with Crippen molar-refractivity contribution in [3.8, 4) is 0 Å². The Labute approximate surface area is 81.5 Å². The second-order valence-corrected chi connectivity index (χ2v) is 3.55. The van der Waals surface area contributed by atoms with E-state index in [4.69, 9.17) is 16.3 Å². The number of rotatable bonds is 0. The van der Waals surface area contributed by atoms with Crippen molar-refractivity contribution >= 4 is 17.6 Å². The van der Waals surface area contributed by atoms with E-state index in [1.54, 1.807) is 6.07 Å². The van der Waals surface area contributed by atoms with Gasteiger partial charge in [-0.1, -0.05) is 11.6 Å². The van der Waals surface area contributed by atoms with Crippen molar-refractivity contribution in [2.24, 2.45) is 0 Å². The van der Waals surface area contributed by atoms with Gasteiger partial charge in [-0.15, -0.1) is 0 Å². The second-order valence-electron chi connectivity index (χ2n) is 3.14. The Morgan fingerprint density at radius 2 is 2.23 bits per heavy atom. The lowest BCUT2D eigenvalue weighted by Gasteiger charge is -2.16. The molecule has 13 heavy (non-hydrogen) atoms. The van der Waals surface area contributed by atoms with Gasteiger partial charge in [-0.25, -0.2) is 4.79 Å². The Bertz CT molecular complexity index is 371. The van der Waals surface area contributed by atoms with Crippen LogP contribution >= 0.6 is 11.6 Å². The van der Waals surface area contributed by atoms with Gasteiger partial charge >= 0.3 is 5.97 Å². The Morgan fingerprint density at radius 1 is 1.46 bits per heavy atom. The van der Waals surface area contributed by atoms with E-state index < -0.39 is 0 Å². The second kappa shape index (κ2) is 3.04. The molecule has 1 aromatic rings. The van der Waals surface area contributed by atoms with Gasteiger partial charge in [0.25, 0.3) is 0 Å². The van der Waals surface area contributed by atoms with E-state index >= 15 is 0 Å². The molecule has 1 aliphatic heterocycles. The van der Waals surface area contributed by atoms with Crippen LogP contribution in [0, 0.1) is 6.92 Å². The van der Waals surface area contributed by atoms with E-state index in [-0.39, 0.29) is 5.97 Å². The van der Waals surface area contributed by atoms with Gasteiger partial charge < -0.3 is 4.74 Å². The van der Waals surface area contributed by atoms with Crippen LogP contribution < -0.4 is 0 Å². The summed E-state index contributed by atoms with van der Waals surface area (Å²) in [5.41, 5.74) is 2.57. The Balaban J connectivity index is 2.58. The summed E-state index contributed by atoms with van der Waals surface area (Å²) in [6.45, 7) is 2.34. The van der Waals surface area contributed by atoms with Crippen molar-refractivity contribution in [3.63, 3.8) is 0 Å². The number of carbonyl (C=O) groups excluding carboxylic acids is 1. The maximum Gasteiger partial charge on any atom is 0.338 e. The van der Waals surface area contributed by atoms with Gasteiger partial charge in [0.05, 0.1) is 12.2 Å². The van der Waals surface area contributed by atoms with Crippen LogP contribution in [0.3, 0.4) is 0 Å².